The van der Waals surface area contributed by atoms with Crippen LogP contribution in [0.5, 0.6) is 5.75 Å². The monoisotopic (exact) mass is 264 g/mol. The fourth-order valence-electron chi connectivity index (χ4n) is 1.68. The van der Waals surface area contributed by atoms with E-state index in [1.807, 2.05) is 13.0 Å². The molecule has 0 aliphatic carbocycles. The predicted molar refractivity (Wildman–Crippen MR) is 70.7 cm³/mol. The highest BCUT2D eigenvalue weighted by molar-refractivity contribution is 6.32. The van der Waals surface area contributed by atoms with Crippen LogP contribution in [0.1, 0.15) is 11.4 Å². The molecule has 2 N–H and O–H groups in total. The van der Waals surface area contributed by atoms with Gasteiger partial charge in [0.25, 0.3) is 0 Å². The third-order valence-corrected chi connectivity index (χ3v) is 2.80. The van der Waals surface area contributed by atoms with Crippen molar-refractivity contribution in [3.05, 3.63) is 28.5 Å². The number of anilines is 1. The summed E-state index contributed by atoms with van der Waals surface area (Å²) in [6.45, 7) is 3.70. The van der Waals surface area contributed by atoms with Crippen molar-refractivity contribution in [2.24, 2.45) is 0 Å². The second-order valence-electron chi connectivity index (χ2n) is 3.87. The first-order valence-corrected chi connectivity index (χ1v) is 5.71. The topological polar surface area (TPSA) is 73.9 Å². The van der Waals surface area contributed by atoms with Crippen LogP contribution in [-0.2, 0) is 0 Å². The first-order valence-electron chi connectivity index (χ1n) is 5.34. The van der Waals surface area contributed by atoms with Gasteiger partial charge in [-0.3, -0.25) is 0 Å². The maximum absolute atomic E-state index is 6.10. The van der Waals surface area contributed by atoms with E-state index in [-0.39, 0.29) is 5.95 Å². The Bertz CT molecular complexity index is 581. The number of hydrogen-bond acceptors (Lipinski definition) is 5. The minimum atomic E-state index is 0.198. The van der Waals surface area contributed by atoms with E-state index < -0.39 is 0 Å². The summed E-state index contributed by atoms with van der Waals surface area (Å²) in [5, 5.41) is 0.509. The van der Waals surface area contributed by atoms with E-state index in [0.717, 1.165) is 11.1 Å². The van der Waals surface area contributed by atoms with Crippen LogP contribution >= 0.6 is 11.6 Å². The van der Waals surface area contributed by atoms with Crippen LogP contribution in [0.3, 0.4) is 0 Å². The van der Waals surface area contributed by atoms with Crippen molar-refractivity contribution in [3.8, 4) is 17.1 Å². The van der Waals surface area contributed by atoms with Crippen LogP contribution in [0.4, 0.5) is 5.95 Å². The predicted octanol–water partition coefficient (Wildman–Crippen LogP) is 2.40. The van der Waals surface area contributed by atoms with Crippen LogP contribution in [0.25, 0.3) is 11.4 Å². The molecule has 0 radical (unpaired) electrons. The number of aromatic nitrogens is 3. The zero-order chi connectivity index (χ0) is 13.3. The lowest BCUT2D eigenvalue weighted by Gasteiger charge is -2.09. The number of benzene rings is 1. The van der Waals surface area contributed by atoms with Gasteiger partial charge in [-0.25, -0.2) is 4.98 Å². The second-order valence-corrected chi connectivity index (χ2v) is 4.27. The molecule has 94 valence electrons. The Morgan fingerprint density at radius 1 is 1.17 bits per heavy atom. The van der Waals surface area contributed by atoms with E-state index in [1.165, 1.54) is 0 Å². The van der Waals surface area contributed by atoms with Crippen LogP contribution in [0.15, 0.2) is 12.1 Å². The Labute approximate surface area is 110 Å². The first-order chi connectivity index (χ1) is 8.51. The molecule has 1 aromatic carbocycles. The molecule has 0 amide bonds. The van der Waals surface area contributed by atoms with Gasteiger partial charge in [0.1, 0.15) is 11.6 Å². The van der Waals surface area contributed by atoms with Gasteiger partial charge >= 0.3 is 0 Å². The third kappa shape index (κ3) is 2.36. The van der Waals surface area contributed by atoms with Gasteiger partial charge in [-0.05, 0) is 31.5 Å². The summed E-state index contributed by atoms with van der Waals surface area (Å²) >= 11 is 6.10. The molecule has 0 aliphatic heterocycles. The molecule has 18 heavy (non-hydrogen) atoms. The minimum absolute atomic E-state index is 0.198. The summed E-state index contributed by atoms with van der Waals surface area (Å²) in [5.74, 6) is 1.91. The maximum Gasteiger partial charge on any atom is 0.223 e. The summed E-state index contributed by atoms with van der Waals surface area (Å²) in [6.07, 6.45) is 0. The van der Waals surface area contributed by atoms with Crippen molar-refractivity contribution in [2.75, 3.05) is 12.8 Å². The highest BCUT2D eigenvalue weighted by Gasteiger charge is 2.11. The molecule has 0 bridgehead atoms. The van der Waals surface area contributed by atoms with Gasteiger partial charge in [0.15, 0.2) is 5.82 Å². The molecule has 1 heterocycles. The largest absolute Gasteiger partial charge is 0.495 e. The zero-order valence-electron chi connectivity index (χ0n) is 10.4. The van der Waals surface area contributed by atoms with Crippen LogP contribution in [-0.4, -0.2) is 22.1 Å². The van der Waals surface area contributed by atoms with Gasteiger partial charge in [-0.15, -0.1) is 0 Å². The summed E-state index contributed by atoms with van der Waals surface area (Å²) in [7, 11) is 1.57. The van der Waals surface area contributed by atoms with Crippen LogP contribution < -0.4 is 10.5 Å². The average molecular weight is 265 g/mol. The van der Waals surface area contributed by atoms with Crippen molar-refractivity contribution in [1.29, 1.82) is 0 Å². The van der Waals surface area contributed by atoms with Crippen molar-refractivity contribution in [1.82, 2.24) is 15.0 Å². The van der Waals surface area contributed by atoms with Crippen molar-refractivity contribution in [2.45, 2.75) is 13.8 Å². The van der Waals surface area contributed by atoms with Crippen molar-refractivity contribution >= 4 is 17.5 Å². The molecule has 0 atom stereocenters. The quantitative estimate of drug-likeness (QED) is 0.902. The lowest BCUT2D eigenvalue weighted by Crippen LogP contribution is -2.03. The number of ether oxygens (including phenoxy) is 1. The number of hydrogen-bond donors (Lipinski definition) is 1. The Kier molecular flexibility index (Phi) is 3.34. The lowest BCUT2D eigenvalue weighted by atomic mass is 10.1. The normalized spacial score (nSPS) is 10.4. The van der Waals surface area contributed by atoms with Gasteiger partial charge in [0, 0.05) is 5.56 Å². The molecule has 0 saturated heterocycles. The van der Waals surface area contributed by atoms with E-state index in [9.17, 15) is 0 Å². The molecule has 0 fully saturated rings. The number of nitrogens with two attached hydrogens (primary N) is 1. The Balaban J connectivity index is 2.60. The highest BCUT2D eigenvalue weighted by atomic mass is 35.5. The SMILES string of the molecule is COc1cc(C)c(-c2nc(C)nc(N)n2)cc1Cl. The van der Waals surface area contributed by atoms with E-state index in [1.54, 1.807) is 20.1 Å². The summed E-state index contributed by atoms with van der Waals surface area (Å²) < 4.78 is 5.15. The van der Waals surface area contributed by atoms with Crippen molar-refractivity contribution < 1.29 is 4.74 Å². The minimum Gasteiger partial charge on any atom is -0.495 e. The van der Waals surface area contributed by atoms with E-state index in [0.29, 0.717) is 22.4 Å². The third-order valence-electron chi connectivity index (χ3n) is 2.50. The number of methoxy groups -OCH3 is 1. The van der Waals surface area contributed by atoms with E-state index in [4.69, 9.17) is 22.1 Å². The number of nitrogen functional groups attached to an aromatic ring is 1. The van der Waals surface area contributed by atoms with Gasteiger partial charge in [-0.2, -0.15) is 9.97 Å². The summed E-state index contributed by atoms with van der Waals surface area (Å²) in [6, 6.07) is 3.61. The summed E-state index contributed by atoms with van der Waals surface area (Å²) in [4.78, 5) is 12.3. The van der Waals surface area contributed by atoms with Gasteiger partial charge in [0.05, 0.1) is 12.1 Å². The highest BCUT2D eigenvalue weighted by Crippen LogP contribution is 2.32. The lowest BCUT2D eigenvalue weighted by molar-refractivity contribution is 0.415. The molecule has 2 aromatic rings. The van der Waals surface area contributed by atoms with E-state index in [2.05, 4.69) is 15.0 Å². The number of aryl methyl sites for hydroxylation is 2. The zero-order valence-corrected chi connectivity index (χ0v) is 11.1. The Hall–Kier alpha value is -1.88. The second kappa shape index (κ2) is 4.78. The number of nitrogens with zero attached hydrogens (tertiary/aromatic N) is 3. The Morgan fingerprint density at radius 3 is 2.50 bits per heavy atom. The fraction of sp³-hybridized carbons (Fsp3) is 0.250. The molecule has 0 saturated carbocycles. The average Bonchev–Trinajstić information content (AvgIpc) is 2.30. The molecule has 0 unspecified atom stereocenters. The standard InChI is InChI=1S/C12H13ClN4O/c1-6-4-10(18-3)9(13)5-8(6)11-15-7(2)16-12(14)17-11/h4-5H,1-3H3,(H2,14,15,16,17). The maximum atomic E-state index is 6.10. The molecular formula is C12H13ClN4O. The molecular weight excluding hydrogens is 252 g/mol. The smallest absolute Gasteiger partial charge is 0.223 e. The Morgan fingerprint density at radius 2 is 1.89 bits per heavy atom. The molecule has 0 spiro atoms. The fourth-order valence-corrected chi connectivity index (χ4v) is 1.92. The molecule has 5 nitrogen and oxygen atoms in total. The molecule has 1 aromatic heterocycles. The molecule has 6 heteroatoms. The van der Waals surface area contributed by atoms with E-state index >= 15 is 0 Å². The summed E-state index contributed by atoms with van der Waals surface area (Å²) in [5.41, 5.74) is 7.40. The van der Waals surface area contributed by atoms with Gasteiger partial charge < -0.3 is 10.5 Å². The number of halogens is 1. The van der Waals surface area contributed by atoms with Crippen LogP contribution in [0.2, 0.25) is 5.02 Å². The van der Waals surface area contributed by atoms with Crippen LogP contribution in [0, 0.1) is 13.8 Å². The van der Waals surface area contributed by atoms with Crippen molar-refractivity contribution in [3.63, 3.8) is 0 Å². The van der Waals surface area contributed by atoms with Gasteiger partial charge in [0.2, 0.25) is 5.95 Å². The molecule has 2 rings (SSSR count). The first kappa shape index (κ1) is 12.6. The van der Waals surface area contributed by atoms with Gasteiger partial charge in [-0.1, -0.05) is 11.6 Å². The molecule has 0 aliphatic rings. The number of rotatable bonds is 2.